The van der Waals surface area contributed by atoms with Gasteiger partial charge in [0.15, 0.2) is 0 Å². The lowest BCUT2D eigenvalue weighted by atomic mass is 9.79. The van der Waals surface area contributed by atoms with E-state index < -0.39 is 0 Å². The van der Waals surface area contributed by atoms with Crippen LogP contribution in [0.4, 0.5) is 0 Å². The third-order valence-electron chi connectivity index (χ3n) is 4.32. The SMILES string of the molecule is CC(C)(C)C1C2OCCCC2CN1C(C)(C)C. The molecule has 100 valence electrons. The number of fused-ring (bicyclic) bond motifs is 1. The van der Waals surface area contributed by atoms with Crippen molar-refractivity contribution in [1.82, 2.24) is 4.90 Å². The van der Waals surface area contributed by atoms with Gasteiger partial charge in [0.25, 0.3) is 0 Å². The number of ether oxygens (including phenoxy) is 1. The summed E-state index contributed by atoms with van der Waals surface area (Å²) in [5.41, 5.74) is 0.544. The van der Waals surface area contributed by atoms with Gasteiger partial charge in [-0.05, 0) is 44.9 Å². The smallest absolute Gasteiger partial charge is 0.0775 e. The average molecular weight is 239 g/mol. The summed E-state index contributed by atoms with van der Waals surface area (Å²) in [6.45, 7) is 16.3. The van der Waals surface area contributed by atoms with Gasteiger partial charge in [-0.3, -0.25) is 4.90 Å². The fourth-order valence-corrected chi connectivity index (χ4v) is 3.60. The molecule has 2 heterocycles. The van der Waals surface area contributed by atoms with Gasteiger partial charge in [-0.2, -0.15) is 0 Å². The molecule has 0 bridgehead atoms. The summed E-state index contributed by atoms with van der Waals surface area (Å²) in [4.78, 5) is 2.69. The maximum Gasteiger partial charge on any atom is 0.0775 e. The first-order chi connectivity index (χ1) is 7.71. The van der Waals surface area contributed by atoms with Crippen LogP contribution in [0.3, 0.4) is 0 Å². The highest BCUT2D eigenvalue weighted by Crippen LogP contribution is 2.43. The van der Waals surface area contributed by atoms with E-state index in [2.05, 4.69) is 46.4 Å². The fraction of sp³-hybridized carbons (Fsp3) is 1.00. The largest absolute Gasteiger partial charge is 0.376 e. The van der Waals surface area contributed by atoms with Crippen molar-refractivity contribution in [3.8, 4) is 0 Å². The number of hydrogen-bond acceptors (Lipinski definition) is 2. The van der Waals surface area contributed by atoms with Crippen LogP contribution in [-0.2, 0) is 4.74 Å². The van der Waals surface area contributed by atoms with Gasteiger partial charge in [-0.25, -0.2) is 0 Å². The van der Waals surface area contributed by atoms with Crippen molar-refractivity contribution >= 4 is 0 Å². The van der Waals surface area contributed by atoms with E-state index >= 15 is 0 Å². The minimum absolute atomic E-state index is 0.249. The molecule has 17 heavy (non-hydrogen) atoms. The second-order valence-electron chi connectivity index (χ2n) is 7.87. The standard InChI is InChI=1S/C15H29NO/c1-14(2,3)13-12-11(8-7-9-17-12)10-16(13)15(4,5)6/h11-13H,7-10H2,1-6H3. The Morgan fingerprint density at radius 3 is 2.24 bits per heavy atom. The van der Waals surface area contributed by atoms with Crippen molar-refractivity contribution in [2.24, 2.45) is 11.3 Å². The van der Waals surface area contributed by atoms with E-state index in [0.717, 1.165) is 12.5 Å². The summed E-state index contributed by atoms with van der Waals surface area (Å²) in [5, 5.41) is 0. The third kappa shape index (κ3) is 2.53. The van der Waals surface area contributed by atoms with Crippen LogP contribution in [0.2, 0.25) is 0 Å². The summed E-state index contributed by atoms with van der Waals surface area (Å²) >= 11 is 0. The molecule has 0 aliphatic carbocycles. The van der Waals surface area contributed by atoms with E-state index in [9.17, 15) is 0 Å². The number of hydrogen-bond donors (Lipinski definition) is 0. The second-order valence-corrected chi connectivity index (χ2v) is 7.87. The summed E-state index contributed by atoms with van der Waals surface area (Å²) in [6.07, 6.45) is 3.06. The van der Waals surface area contributed by atoms with Crippen molar-refractivity contribution in [1.29, 1.82) is 0 Å². The molecule has 2 aliphatic heterocycles. The van der Waals surface area contributed by atoms with Crippen LogP contribution >= 0.6 is 0 Å². The number of rotatable bonds is 0. The van der Waals surface area contributed by atoms with Crippen molar-refractivity contribution in [3.63, 3.8) is 0 Å². The van der Waals surface area contributed by atoms with Crippen LogP contribution in [0.15, 0.2) is 0 Å². The molecule has 2 rings (SSSR count). The molecule has 3 unspecified atom stereocenters. The molecule has 2 aliphatic rings. The van der Waals surface area contributed by atoms with E-state index in [1.54, 1.807) is 0 Å². The molecule has 0 aromatic carbocycles. The molecular weight excluding hydrogens is 210 g/mol. The normalized spacial score (nSPS) is 36.0. The minimum atomic E-state index is 0.249. The Balaban J connectivity index is 2.27. The quantitative estimate of drug-likeness (QED) is 0.643. The molecule has 0 spiro atoms. The molecular formula is C15H29NO. The minimum Gasteiger partial charge on any atom is -0.376 e. The maximum absolute atomic E-state index is 6.12. The van der Waals surface area contributed by atoms with Gasteiger partial charge in [0.05, 0.1) is 6.10 Å². The molecule has 0 N–H and O–H groups in total. The zero-order valence-corrected chi connectivity index (χ0v) is 12.4. The van der Waals surface area contributed by atoms with Crippen LogP contribution in [0, 0.1) is 11.3 Å². The van der Waals surface area contributed by atoms with Gasteiger partial charge in [-0.1, -0.05) is 20.8 Å². The molecule has 2 nitrogen and oxygen atoms in total. The number of likely N-dealkylation sites (tertiary alicyclic amines) is 1. The summed E-state index contributed by atoms with van der Waals surface area (Å²) < 4.78 is 6.12. The van der Waals surface area contributed by atoms with Crippen LogP contribution in [0.25, 0.3) is 0 Å². The van der Waals surface area contributed by atoms with Crippen LogP contribution < -0.4 is 0 Å². The van der Waals surface area contributed by atoms with E-state index in [-0.39, 0.29) is 5.54 Å². The topological polar surface area (TPSA) is 12.5 Å². The van der Waals surface area contributed by atoms with Crippen molar-refractivity contribution in [2.75, 3.05) is 13.2 Å². The predicted molar refractivity (Wildman–Crippen MR) is 72.2 cm³/mol. The van der Waals surface area contributed by atoms with Crippen molar-refractivity contribution in [2.45, 2.75) is 72.1 Å². The zero-order chi connectivity index (χ0) is 12.8. The Morgan fingerprint density at radius 2 is 1.71 bits per heavy atom. The van der Waals surface area contributed by atoms with Crippen molar-refractivity contribution < 1.29 is 4.74 Å². The van der Waals surface area contributed by atoms with Gasteiger partial charge in [-0.15, -0.1) is 0 Å². The highest BCUT2D eigenvalue weighted by atomic mass is 16.5. The average Bonchev–Trinajstić information content (AvgIpc) is 2.54. The maximum atomic E-state index is 6.12. The summed E-state index contributed by atoms with van der Waals surface area (Å²) in [7, 11) is 0. The Morgan fingerprint density at radius 1 is 1.06 bits per heavy atom. The first-order valence-electron chi connectivity index (χ1n) is 7.09. The highest BCUT2D eigenvalue weighted by molar-refractivity contribution is 5.04. The first-order valence-corrected chi connectivity index (χ1v) is 7.09. The lowest BCUT2D eigenvalue weighted by molar-refractivity contribution is -0.0602. The predicted octanol–water partition coefficient (Wildman–Crippen LogP) is 3.31. The second kappa shape index (κ2) is 4.24. The van der Waals surface area contributed by atoms with Gasteiger partial charge < -0.3 is 4.74 Å². The van der Waals surface area contributed by atoms with Gasteiger partial charge in [0, 0.05) is 24.7 Å². The Bertz CT molecular complexity index is 274. The highest BCUT2D eigenvalue weighted by Gasteiger charge is 2.51. The third-order valence-corrected chi connectivity index (χ3v) is 4.32. The molecule has 0 radical (unpaired) electrons. The van der Waals surface area contributed by atoms with Crippen molar-refractivity contribution in [3.05, 3.63) is 0 Å². The van der Waals surface area contributed by atoms with E-state index in [4.69, 9.17) is 4.74 Å². The van der Waals surface area contributed by atoms with Crippen LogP contribution in [-0.4, -0.2) is 35.7 Å². The van der Waals surface area contributed by atoms with Crippen LogP contribution in [0.1, 0.15) is 54.4 Å². The molecule has 2 saturated heterocycles. The molecule has 2 fully saturated rings. The summed E-state index contributed by atoms with van der Waals surface area (Å²) in [5.74, 6) is 0.757. The molecule has 3 atom stereocenters. The van der Waals surface area contributed by atoms with E-state index in [0.29, 0.717) is 17.6 Å². The van der Waals surface area contributed by atoms with Gasteiger partial charge in [0.1, 0.15) is 0 Å². The lowest BCUT2D eigenvalue weighted by Crippen LogP contribution is -2.53. The molecule has 0 aromatic rings. The summed E-state index contributed by atoms with van der Waals surface area (Å²) in [6, 6.07) is 0.563. The Kier molecular flexibility index (Phi) is 3.33. The van der Waals surface area contributed by atoms with Gasteiger partial charge in [0.2, 0.25) is 0 Å². The van der Waals surface area contributed by atoms with Gasteiger partial charge >= 0.3 is 0 Å². The Labute approximate surface area is 107 Å². The molecule has 2 heteroatoms. The number of nitrogens with zero attached hydrogens (tertiary/aromatic N) is 1. The van der Waals surface area contributed by atoms with E-state index in [1.807, 2.05) is 0 Å². The van der Waals surface area contributed by atoms with Crippen LogP contribution in [0.5, 0.6) is 0 Å². The lowest BCUT2D eigenvalue weighted by Gasteiger charge is -2.45. The molecule has 0 saturated carbocycles. The Hall–Kier alpha value is -0.0800. The zero-order valence-electron chi connectivity index (χ0n) is 12.4. The molecule has 0 aromatic heterocycles. The first kappa shape index (κ1) is 13.4. The monoisotopic (exact) mass is 239 g/mol. The van der Waals surface area contributed by atoms with E-state index in [1.165, 1.54) is 19.4 Å². The fourth-order valence-electron chi connectivity index (χ4n) is 3.60. The molecule has 0 amide bonds.